The van der Waals surface area contributed by atoms with Crippen molar-refractivity contribution in [3.63, 3.8) is 0 Å². The molecule has 2 aromatic carbocycles. The van der Waals surface area contributed by atoms with Gasteiger partial charge < -0.3 is 4.90 Å². The second-order valence-electron chi connectivity index (χ2n) is 5.81. The van der Waals surface area contributed by atoms with Gasteiger partial charge in [0, 0.05) is 25.7 Å². The van der Waals surface area contributed by atoms with Gasteiger partial charge in [-0.2, -0.15) is 0 Å². The minimum atomic E-state index is 0.0586. The minimum absolute atomic E-state index is 0.0586. The van der Waals surface area contributed by atoms with Gasteiger partial charge in [0.1, 0.15) is 0 Å². The van der Waals surface area contributed by atoms with Crippen LogP contribution in [0.2, 0.25) is 0 Å². The molecule has 0 N–H and O–H groups in total. The van der Waals surface area contributed by atoms with Gasteiger partial charge in [-0.1, -0.05) is 56.3 Å². The summed E-state index contributed by atoms with van der Waals surface area (Å²) in [7, 11) is 1.85. The van der Waals surface area contributed by atoms with E-state index in [2.05, 4.69) is 30.9 Å². The van der Waals surface area contributed by atoms with Crippen molar-refractivity contribution < 1.29 is 4.79 Å². The van der Waals surface area contributed by atoms with Gasteiger partial charge in [0.05, 0.1) is 0 Å². The maximum absolute atomic E-state index is 12.5. The number of carbonyl (C=O) groups excluding carboxylic acids is 1. The third-order valence-electron chi connectivity index (χ3n) is 4.11. The summed E-state index contributed by atoms with van der Waals surface area (Å²) in [6, 6.07) is 18.0. The fourth-order valence-electron chi connectivity index (χ4n) is 2.61. The first-order chi connectivity index (χ1) is 11.1. The summed E-state index contributed by atoms with van der Waals surface area (Å²) < 4.78 is 0. The molecule has 122 valence electrons. The smallest absolute Gasteiger partial charge is 0.253 e. The zero-order valence-electron chi connectivity index (χ0n) is 14.3. The fraction of sp³-hybridized carbons (Fsp3) is 0.350. The van der Waals surface area contributed by atoms with Crippen molar-refractivity contribution in [2.75, 3.05) is 20.1 Å². The lowest BCUT2D eigenvalue weighted by atomic mass is 10.1. The highest BCUT2D eigenvalue weighted by Crippen LogP contribution is 2.11. The molecule has 0 atom stereocenters. The van der Waals surface area contributed by atoms with Gasteiger partial charge in [-0.25, -0.2) is 0 Å². The van der Waals surface area contributed by atoms with Crippen LogP contribution in [0.1, 0.15) is 35.3 Å². The maximum atomic E-state index is 12.5. The van der Waals surface area contributed by atoms with Crippen LogP contribution in [0.3, 0.4) is 0 Å². The molecular weight excluding hydrogens is 284 g/mol. The largest absolute Gasteiger partial charge is 0.337 e. The predicted octanol–water partition coefficient (Wildman–Crippen LogP) is 3.80. The number of carbonyl (C=O) groups is 1. The average Bonchev–Trinajstić information content (AvgIpc) is 2.60. The van der Waals surface area contributed by atoms with Crippen molar-refractivity contribution in [3.05, 3.63) is 71.3 Å². The van der Waals surface area contributed by atoms with Crippen molar-refractivity contribution in [3.8, 4) is 0 Å². The van der Waals surface area contributed by atoms with Gasteiger partial charge in [-0.3, -0.25) is 9.69 Å². The van der Waals surface area contributed by atoms with Gasteiger partial charge in [-0.15, -0.1) is 0 Å². The number of hydrogen-bond acceptors (Lipinski definition) is 2. The molecule has 1 amide bonds. The van der Waals surface area contributed by atoms with Gasteiger partial charge in [-0.05, 0) is 36.3 Å². The molecule has 2 rings (SSSR count). The van der Waals surface area contributed by atoms with E-state index in [0.29, 0.717) is 6.54 Å². The van der Waals surface area contributed by atoms with E-state index in [4.69, 9.17) is 0 Å². The highest BCUT2D eigenvalue weighted by Gasteiger charge is 2.12. The van der Waals surface area contributed by atoms with Crippen LogP contribution in [0.15, 0.2) is 54.6 Å². The van der Waals surface area contributed by atoms with Gasteiger partial charge in [0.25, 0.3) is 5.91 Å². The van der Waals surface area contributed by atoms with Crippen molar-refractivity contribution in [1.29, 1.82) is 0 Å². The second kappa shape index (κ2) is 8.49. The van der Waals surface area contributed by atoms with E-state index in [-0.39, 0.29) is 5.91 Å². The Hall–Kier alpha value is -2.13. The molecule has 0 fully saturated rings. The van der Waals surface area contributed by atoms with E-state index in [1.165, 1.54) is 5.56 Å². The molecule has 0 aliphatic heterocycles. The first-order valence-corrected chi connectivity index (χ1v) is 8.24. The van der Waals surface area contributed by atoms with Crippen LogP contribution in [-0.4, -0.2) is 35.8 Å². The summed E-state index contributed by atoms with van der Waals surface area (Å²) in [5, 5.41) is 0. The van der Waals surface area contributed by atoms with Crippen LogP contribution in [0.5, 0.6) is 0 Å². The van der Waals surface area contributed by atoms with Crippen LogP contribution in [0.4, 0.5) is 0 Å². The van der Waals surface area contributed by atoms with Crippen molar-refractivity contribution in [1.82, 2.24) is 9.80 Å². The zero-order chi connectivity index (χ0) is 16.7. The quantitative estimate of drug-likeness (QED) is 0.776. The van der Waals surface area contributed by atoms with Crippen LogP contribution in [0.25, 0.3) is 0 Å². The van der Waals surface area contributed by atoms with Crippen LogP contribution in [-0.2, 0) is 13.1 Å². The molecule has 0 saturated carbocycles. The number of rotatable bonds is 7. The molecule has 0 bridgehead atoms. The van der Waals surface area contributed by atoms with E-state index in [1.54, 1.807) is 4.90 Å². The van der Waals surface area contributed by atoms with Gasteiger partial charge in [0.2, 0.25) is 0 Å². The summed E-state index contributed by atoms with van der Waals surface area (Å²) in [6.45, 7) is 7.97. The molecule has 2 aromatic rings. The Morgan fingerprint density at radius 2 is 1.39 bits per heavy atom. The van der Waals surface area contributed by atoms with Crippen molar-refractivity contribution in [2.24, 2.45) is 0 Å². The van der Waals surface area contributed by atoms with Crippen molar-refractivity contribution >= 4 is 5.91 Å². The Balaban J connectivity index is 1.99. The molecule has 0 aromatic heterocycles. The number of amides is 1. The van der Waals surface area contributed by atoms with Crippen molar-refractivity contribution in [2.45, 2.75) is 26.9 Å². The van der Waals surface area contributed by atoms with Gasteiger partial charge >= 0.3 is 0 Å². The Kier molecular flexibility index (Phi) is 6.36. The fourth-order valence-corrected chi connectivity index (χ4v) is 2.61. The molecule has 0 radical (unpaired) electrons. The van der Waals surface area contributed by atoms with E-state index in [9.17, 15) is 4.79 Å². The molecule has 0 saturated heterocycles. The van der Waals surface area contributed by atoms with E-state index in [0.717, 1.165) is 30.8 Å². The average molecular weight is 310 g/mol. The van der Waals surface area contributed by atoms with E-state index >= 15 is 0 Å². The summed E-state index contributed by atoms with van der Waals surface area (Å²) in [4.78, 5) is 16.6. The Bertz CT molecular complexity index is 603. The molecule has 0 spiro atoms. The summed E-state index contributed by atoms with van der Waals surface area (Å²) >= 11 is 0. The highest BCUT2D eigenvalue weighted by molar-refractivity contribution is 5.94. The SMILES string of the molecule is CCN(CC)Cc1ccc(C(=O)N(C)Cc2ccccc2)cc1. The predicted molar refractivity (Wildman–Crippen MR) is 95.3 cm³/mol. The molecule has 0 heterocycles. The number of hydrogen-bond donors (Lipinski definition) is 0. The van der Waals surface area contributed by atoms with Crippen LogP contribution < -0.4 is 0 Å². The monoisotopic (exact) mass is 310 g/mol. The highest BCUT2D eigenvalue weighted by atomic mass is 16.2. The molecule has 0 aliphatic carbocycles. The molecule has 3 nitrogen and oxygen atoms in total. The first kappa shape index (κ1) is 17.2. The third-order valence-corrected chi connectivity index (χ3v) is 4.11. The Labute approximate surface area is 139 Å². The molecule has 0 unspecified atom stereocenters. The molecule has 0 aliphatic rings. The number of benzene rings is 2. The summed E-state index contributed by atoms with van der Waals surface area (Å²) in [5.41, 5.74) is 3.13. The standard InChI is InChI=1S/C20H26N2O/c1-4-22(5-2)16-18-11-13-19(14-12-18)20(23)21(3)15-17-9-7-6-8-10-17/h6-14H,4-5,15-16H2,1-3H3. The summed E-state index contributed by atoms with van der Waals surface area (Å²) in [6.07, 6.45) is 0. The Morgan fingerprint density at radius 3 is 1.96 bits per heavy atom. The maximum Gasteiger partial charge on any atom is 0.253 e. The third kappa shape index (κ3) is 4.93. The lowest BCUT2D eigenvalue weighted by Crippen LogP contribution is -2.26. The zero-order valence-corrected chi connectivity index (χ0v) is 14.3. The lowest BCUT2D eigenvalue weighted by molar-refractivity contribution is 0.0785. The topological polar surface area (TPSA) is 23.6 Å². The molecule has 3 heteroatoms. The van der Waals surface area contributed by atoms with Crippen LogP contribution >= 0.6 is 0 Å². The van der Waals surface area contributed by atoms with E-state index < -0.39 is 0 Å². The molecule has 23 heavy (non-hydrogen) atoms. The van der Waals surface area contributed by atoms with Crippen LogP contribution in [0, 0.1) is 0 Å². The van der Waals surface area contributed by atoms with E-state index in [1.807, 2.05) is 49.5 Å². The first-order valence-electron chi connectivity index (χ1n) is 8.24. The Morgan fingerprint density at radius 1 is 0.826 bits per heavy atom. The molecular formula is C20H26N2O. The lowest BCUT2D eigenvalue weighted by Gasteiger charge is -2.19. The normalized spacial score (nSPS) is 10.8. The van der Waals surface area contributed by atoms with Gasteiger partial charge in [0.15, 0.2) is 0 Å². The minimum Gasteiger partial charge on any atom is -0.337 e. The number of nitrogens with zero attached hydrogens (tertiary/aromatic N) is 2. The summed E-state index contributed by atoms with van der Waals surface area (Å²) in [5.74, 6) is 0.0586. The second-order valence-corrected chi connectivity index (χ2v) is 5.81.